The SMILES string of the molecule is COC(=O)C(C)(N)CC(C)N(C)CC1CC1C. The second kappa shape index (κ2) is 5.36. The predicted molar refractivity (Wildman–Crippen MR) is 68.6 cm³/mol. The maximum Gasteiger partial charge on any atom is 0.325 e. The fourth-order valence-electron chi connectivity index (χ4n) is 2.29. The Morgan fingerprint density at radius 3 is 2.59 bits per heavy atom. The summed E-state index contributed by atoms with van der Waals surface area (Å²) in [4.78, 5) is 13.8. The van der Waals surface area contributed by atoms with Crippen molar-refractivity contribution in [3.63, 3.8) is 0 Å². The van der Waals surface area contributed by atoms with Crippen LogP contribution in [0.1, 0.15) is 33.6 Å². The highest BCUT2D eigenvalue weighted by atomic mass is 16.5. The van der Waals surface area contributed by atoms with Gasteiger partial charge in [0.1, 0.15) is 5.54 Å². The lowest BCUT2D eigenvalue weighted by molar-refractivity contribution is -0.147. The summed E-state index contributed by atoms with van der Waals surface area (Å²) in [7, 11) is 3.48. The van der Waals surface area contributed by atoms with Crippen LogP contribution in [-0.2, 0) is 9.53 Å². The molecule has 4 nitrogen and oxygen atoms in total. The van der Waals surface area contributed by atoms with Crippen molar-refractivity contribution in [3.05, 3.63) is 0 Å². The number of nitrogens with zero attached hydrogens (tertiary/aromatic N) is 1. The van der Waals surface area contributed by atoms with E-state index >= 15 is 0 Å². The van der Waals surface area contributed by atoms with Gasteiger partial charge in [0.15, 0.2) is 0 Å². The molecule has 4 atom stereocenters. The molecular weight excluding hydrogens is 216 g/mol. The molecule has 100 valence electrons. The molecule has 0 saturated heterocycles. The van der Waals surface area contributed by atoms with Gasteiger partial charge in [-0.15, -0.1) is 0 Å². The zero-order valence-electron chi connectivity index (χ0n) is 11.7. The van der Waals surface area contributed by atoms with E-state index in [2.05, 4.69) is 25.8 Å². The van der Waals surface area contributed by atoms with Gasteiger partial charge in [0, 0.05) is 12.6 Å². The number of nitrogens with two attached hydrogens (primary N) is 1. The molecule has 0 heterocycles. The molecule has 1 aliphatic carbocycles. The Bertz CT molecular complexity index is 279. The molecule has 0 aliphatic heterocycles. The zero-order chi connectivity index (χ0) is 13.2. The third-order valence-electron chi connectivity index (χ3n) is 3.92. The third-order valence-corrected chi connectivity index (χ3v) is 3.92. The van der Waals surface area contributed by atoms with Crippen molar-refractivity contribution in [1.82, 2.24) is 4.90 Å². The summed E-state index contributed by atoms with van der Waals surface area (Å²) in [6, 6.07) is 0.289. The molecule has 2 N–H and O–H groups in total. The number of methoxy groups -OCH3 is 1. The lowest BCUT2D eigenvalue weighted by Crippen LogP contribution is -2.50. The van der Waals surface area contributed by atoms with Crippen LogP contribution in [0, 0.1) is 11.8 Å². The number of esters is 1. The van der Waals surface area contributed by atoms with Crippen LogP contribution in [-0.4, -0.2) is 43.2 Å². The fourth-order valence-corrected chi connectivity index (χ4v) is 2.29. The molecule has 1 aliphatic rings. The minimum Gasteiger partial charge on any atom is -0.468 e. The molecule has 4 heteroatoms. The fraction of sp³-hybridized carbons (Fsp3) is 0.923. The Hall–Kier alpha value is -0.610. The van der Waals surface area contributed by atoms with Crippen LogP contribution in [0.5, 0.6) is 0 Å². The van der Waals surface area contributed by atoms with Gasteiger partial charge in [0.05, 0.1) is 7.11 Å². The van der Waals surface area contributed by atoms with Crippen molar-refractivity contribution >= 4 is 5.97 Å². The van der Waals surface area contributed by atoms with Crippen molar-refractivity contribution in [3.8, 4) is 0 Å². The van der Waals surface area contributed by atoms with Crippen molar-refractivity contribution in [2.75, 3.05) is 20.7 Å². The van der Waals surface area contributed by atoms with Gasteiger partial charge in [0.25, 0.3) is 0 Å². The first-order valence-corrected chi connectivity index (χ1v) is 6.35. The second-order valence-corrected chi connectivity index (χ2v) is 5.87. The van der Waals surface area contributed by atoms with Gasteiger partial charge >= 0.3 is 5.97 Å². The summed E-state index contributed by atoms with van der Waals surface area (Å²) in [5, 5.41) is 0. The summed E-state index contributed by atoms with van der Waals surface area (Å²) < 4.78 is 4.72. The molecule has 17 heavy (non-hydrogen) atoms. The Kier molecular flexibility index (Phi) is 4.55. The van der Waals surface area contributed by atoms with Gasteiger partial charge in [0.2, 0.25) is 0 Å². The van der Waals surface area contributed by atoms with Crippen LogP contribution >= 0.6 is 0 Å². The molecule has 0 spiro atoms. The molecule has 1 saturated carbocycles. The molecule has 0 amide bonds. The van der Waals surface area contributed by atoms with E-state index in [0.717, 1.165) is 18.4 Å². The highest BCUT2D eigenvalue weighted by molar-refractivity contribution is 5.79. The predicted octanol–water partition coefficient (Wildman–Crippen LogP) is 1.24. The molecular formula is C13H26N2O2. The van der Waals surface area contributed by atoms with Gasteiger partial charge in [-0.2, -0.15) is 0 Å². The zero-order valence-corrected chi connectivity index (χ0v) is 11.7. The summed E-state index contributed by atoms with van der Waals surface area (Å²) in [5.74, 6) is 1.34. The van der Waals surface area contributed by atoms with E-state index in [9.17, 15) is 4.79 Å². The lowest BCUT2D eigenvalue weighted by Gasteiger charge is -2.31. The van der Waals surface area contributed by atoms with E-state index in [0.29, 0.717) is 6.42 Å². The maximum atomic E-state index is 11.5. The van der Waals surface area contributed by atoms with E-state index < -0.39 is 5.54 Å². The van der Waals surface area contributed by atoms with Crippen LogP contribution < -0.4 is 5.73 Å². The van der Waals surface area contributed by atoms with Crippen LogP contribution in [0.3, 0.4) is 0 Å². The topological polar surface area (TPSA) is 55.6 Å². The van der Waals surface area contributed by atoms with E-state index in [4.69, 9.17) is 10.5 Å². The Morgan fingerprint density at radius 1 is 1.65 bits per heavy atom. The molecule has 1 rings (SSSR count). The minimum atomic E-state index is -0.891. The number of carbonyl (C=O) groups is 1. The second-order valence-electron chi connectivity index (χ2n) is 5.87. The Balaban J connectivity index is 2.41. The lowest BCUT2D eigenvalue weighted by atomic mass is 9.94. The average molecular weight is 242 g/mol. The van der Waals surface area contributed by atoms with Gasteiger partial charge in [-0.25, -0.2) is 0 Å². The van der Waals surface area contributed by atoms with Crippen LogP contribution in [0.4, 0.5) is 0 Å². The van der Waals surface area contributed by atoms with Gasteiger partial charge in [-0.05, 0) is 45.6 Å². The summed E-state index contributed by atoms with van der Waals surface area (Å²) >= 11 is 0. The molecule has 4 unspecified atom stereocenters. The first kappa shape index (κ1) is 14.5. The highest BCUT2D eigenvalue weighted by Gasteiger charge is 2.36. The molecule has 1 fully saturated rings. The Labute approximate surface area is 104 Å². The Morgan fingerprint density at radius 2 is 2.18 bits per heavy atom. The van der Waals surface area contributed by atoms with E-state index in [1.54, 1.807) is 6.92 Å². The first-order valence-electron chi connectivity index (χ1n) is 6.35. The number of hydrogen-bond acceptors (Lipinski definition) is 4. The monoisotopic (exact) mass is 242 g/mol. The summed E-state index contributed by atoms with van der Waals surface area (Å²) in [5.41, 5.74) is 5.09. The highest BCUT2D eigenvalue weighted by Crippen LogP contribution is 2.38. The van der Waals surface area contributed by atoms with Crippen LogP contribution in [0.15, 0.2) is 0 Å². The van der Waals surface area contributed by atoms with Crippen molar-refractivity contribution < 1.29 is 9.53 Å². The van der Waals surface area contributed by atoms with Crippen molar-refractivity contribution in [2.24, 2.45) is 17.6 Å². The molecule has 0 radical (unpaired) electrons. The smallest absolute Gasteiger partial charge is 0.325 e. The van der Waals surface area contributed by atoms with Crippen LogP contribution in [0.2, 0.25) is 0 Å². The van der Waals surface area contributed by atoms with Crippen molar-refractivity contribution in [1.29, 1.82) is 0 Å². The maximum absolute atomic E-state index is 11.5. The standard InChI is InChI=1S/C13H26N2O2/c1-9-6-11(9)8-15(4)10(2)7-13(3,14)12(16)17-5/h9-11H,6-8,14H2,1-5H3. The number of rotatable bonds is 6. The molecule has 0 aromatic rings. The van der Waals surface area contributed by atoms with Crippen LogP contribution in [0.25, 0.3) is 0 Å². The van der Waals surface area contributed by atoms with Gasteiger partial charge in [-0.3, -0.25) is 4.79 Å². The quantitative estimate of drug-likeness (QED) is 0.712. The number of carbonyl (C=O) groups excluding carboxylic acids is 1. The largest absolute Gasteiger partial charge is 0.468 e. The molecule has 0 bridgehead atoms. The van der Waals surface area contributed by atoms with Gasteiger partial charge in [-0.1, -0.05) is 6.92 Å². The normalized spacial score (nSPS) is 28.6. The van der Waals surface area contributed by atoms with Gasteiger partial charge < -0.3 is 15.4 Å². The van der Waals surface area contributed by atoms with E-state index in [1.165, 1.54) is 13.5 Å². The van der Waals surface area contributed by atoms with E-state index in [1.807, 2.05) is 0 Å². The third kappa shape index (κ3) is 3.96. The molecule has 0 aromatic carbocycles. The number of hydrogen-bond donors (Lipinski definition) is 1. The molecule has 0 aromatic heterocycles. The van der Waals surface area contributed by atoms with E-state index in [-0.39, 0.29) is 12.0 Å². The summed E-state index contributed by atoms with van der Waals surface area (Å²) in [6.45, 7) is 7.23. The van der Waals surface area contributed by atoms with Crippen molar-refractivity contribution in [2.45, 2.75) is 45.2 Å². The average Bonchev–Trinajstić information content (AvgIpc) is 2.92. The number of ether oxygens (including phenoxy) is 1. The summed E-state index contributed by atoms with van der Waals surface area (Å²) in [6.07, 6.45) is 1.95. The first-order chi connectivity index (χ1) is 7.77. The minimum absolute atomic E-state index is 0.289.